The van der Waals surface area contributed by atoms with Crippen LogP contribution in [0.4, 0.5) is 4.79 Å². The highest BCUT2D eigenvalue weighted by atomic mass is 32.2. The molecule has 2 amide bonds. The van der Waals surface area contributed by atoms with Gasteiger partial charge in [0.2, 0.25) is 0 Å². The fourth-order valence-corrected chi connectivity index (χ4v) is 6.12. The summed E-state index contributed by atoms with van der Waals surface area (Å²) in [5, 5.41) is 14.8. The molecular weight excluding hydrogens is 468 g/mol. The summed E-state index contributed by atoms with van der Waals surface area (Å²) in [6.07, 6.45) is -0.597. The van der Waals surface area contributed by atoms with E-state index in [1.165, 1.54) is 7.11 Å². The SMILES string of the molecule is COC(CNC(=O)OCC1c2ccccc2-c2ccccc21)C(=O)NC1(CC(=O)O)CCSCC1. The molecule has 8 nitrogen and oxygen atoms in total. The number of thioether (sulfide) groups is 1. The van der Waals surface area contributed by atoms with Crippen LogP contribution in [0.2, 0.25) is 0 Å². The zero-order valence-corrected chi connectivity index (χ0v) is 20.4. The van der Waals surface area contributed by atoms with E-state index in [1.54, 1.807) is 11.8 Å². The van der Waals surface area contributed by atoms with Crippen molar-refractivity contribution in [2.75, 3.05) is 31.8 Å². The number of rotatable bonds is 9. The molecule has 0 spiro atoms. The first-order chi connectivity index (χ1) is 16.9. The molecule has 0 aromatic heterocycles. The van der Waals surface area contributed by atoms with Crippen LogP contribution < -0.4 is 10.6 Å². The first kappa shape index (κ1) is 25.1. The number of aliphatic carboxylic acids is 1. The summed E-state index contributed by atoms with van der Waals surface area (Å²) in [5.74, 6) is 0.101. The van der Waals surface area contributed by atoms with Gasteiger partial charge in [-0.05, 0) is 46.6 Å². The molecule has 0 radical (unpaired) electrons. The average Bonchev–Trinajstić information content (AvgIpc) is 3.17. The summed E-state index contributed by atoms with van der Waals surface area (Å²) in [6.45, 7) is 0.0833. The van der Waals surface area contributed by atoms with Crippen LogP contribution in [0.1, 0.15) is 36.3 Å². The van der Waals surface area contributed by atoms with Crippen molar-refractivity contribution < 1.29 is 29.0 Å². The van der Waals surface area contributed by atoms with E-state index in [4.69, 9.17) is 9.47 Å². The minimum Gasteiger partial charge on any atom is -0.481 e. The molecule has 1 unspecified atom stereocenters. The Hall–Kier alpha value is -3.04. The summed E-state index contributed by atoms with van der Waals surface area (Å²) < 4.78 is 10.8. The first-order valence-corrected chi connectivity index (χ1v) is 12.8. The predicted molar refractivity (Wildman–Crippen MR) is 134 cm³/mol. The minimum atomic E-state index is -0.962. The summed E-state index contributed by atoms with van der Waals surface area (Å²) >= 11 is 1.74. The molecular formula is C26H30N2O6S. The zero-order valence-electron chi connectivity index (χ0n) is 19.6. The van der Waals surface area contributed by atoms with Crippen LogP contribution in [0.15, 0.2) is 48.5 Å². The largest absolute Gasteiger partial charge is 0.481 e. The van der Waals surface area contributed by atoms with Crippen LogP contribution in [0, 0.1) is 0 Å². The lowest BCUT2D eigenvalue weighted by atomic mass is 9.88. The van der Waals surface area contributed by atoms with Crippen LogP contribution in [-0.4, -0.2) is 66.5 Å². The normalized spacial score (nSPS) is 17.1. The predicted octanol–water partition coefficient (Wildman–Crippen LogP) is 3.40. The number of carbonyl (C=O) groups is 3. The van der Waals surface area contributed by atoms with Crippen molar-refractivity contribution in [1.82, 2.24) is 10.6 Å². The molecule has 1 aliphatic carbocycles. The topological polar surface area (TPSA) is 114 Å². The number of alkyl carbamates (subject to hydrolysis) is 1. The van der Waals surface area contributed by atoms with Gasteiger partial charge in [-0.15, -0.1) is 0 Å². The number of benzene rings is 2. The van der Waals surface area contributed by atoms with E-state index >= 15 is 0 Å². The number of carboxylic acid groups (broad SMARTS) is 1. The van der Waals surface area contributed by atoms with Gasteiger partial charge in [0.15, 0.2) is 6.10 Å². The van der Waals surface area contributed by atoms with Gasteiger partial charge in [-0.2, -0.15) is 11.8 Å². The lowest BCUT2D eigenvalue weighted by Gasteiger charge is -2.37. The number of ether oxygens (including phenoxy) is 2. The molecule has 1 saturated heterocycles. The number of methoxy groups -OCH3 is 1. The van der Waals surface area contributed by atoms with Crippen LogP contribution >= 0.6 is 11.8 Å². The third-order valence-electron chi connectivity index (χ3n) is 6.68. The highest BCUT2D eigenvalue weighted by molar-refractivity contribution is 7.99. The number of carbonyl (C=O) groups excluding carboxylic acids is 2. The molecule has 2 aromatic rings. The molecule has 1 heterocycles. The number of nitrogens with one attached hydrogen (secondary N) is 2. The Morgan fingerprint density at radius 2 is 1.66 bits per heavy atom. The third kappa shape index (κ3) is 5.79. The van der Waals surface area contributed by atoms with Crippen LogP contribution in [0.5, 0.6) is 0 Å². The number of hydrogen-bond donors (Lipinski definition) is 3. The fraction of sp³-hybridized carbons (Fsp3) is 0.423. The van der Waals surface area contributed by atoms with Crippen molar-refractivity contribution in [2.45, 2.75) is 36.8 Å². The second-order valence-corrected chi connectivity index (χ2v) is 10.1. The zero-order chi connectivity index (χ0) is 24.8. The van der Waals surface area contributed by atoms with Gasteiger partial charge in [-0.3, -0.25) is 9.59 Å². The lowest BCUT2D eigenvalue weighted by Crippen LogP contribution is -2.56. The number of amides is 2. The molecule has 1 fully saturated rings. The molecule has 1 atom stereocenters. The smallest absolute Gasteiger partial charge is 0.407 e. The highest BCUT2D eigenvalue weighted by Gasteiger charge is 2.38. The van der Waals surface area contributed by atoms with E-state index in [-0.39, 0.29) is 25.5 Å². The molecule has 0 bridgehead atoms. The molecule has 2 aliphatic rings. The van der Waals surface area contributed by atoms with E-state index < -0.39 is 29.6 Å². The van der Waals surface area contributed by atoms with E-state index in [9.17, 15) is 19.5 Å². The molecule has 4 rings (SSSR count). The Labute approximate surface area is 208 Å². The van der Waals surface area contributed by atoms with Gasteiger partial charge in [0, 0.05) is 13.0 Å². The Bertz CT molecular complexity index is 1040. The maximum Gasteiger partial charge on any atom is 0.407 e. The van der Waals surface area contributed by atoms with Crippen molar-refractivity contribution in [3.63, 3.8) is 0 Å². The molecule has 9 heteroatoms. The third-order valence-corrected chi connectivity index (χ3v) is 7.67. The molecule has 0 saturated carbocycles. The van der Waals surface area contributed by atoms with Gasteiger partial charge in [0.05, 0.1) is 18.5 Å². The van der Waals surface area contributed by atoms with Crippen LogP contribution in [-0.2, 0) is 19.1 Å². The monoisotopic (exact) mass is 498 g/mol. The Morgan fingerprint density at radius 3 is 2.23 bits per heavy atom. The van der Waals surface area contributed by atoms with Gasteiger partial charge in [-0.1, -0.05) is 48.5 Å². The quantitative estimate of drug-likeness (QED) is 0.486. The lowest BCUT2D eigenvalue weighted by molar-refractivity contribution is -0.140. The number of fused-ring (bicyclic) bond motifs is 3. The van der Waals surface area contributed by atoms with Crippen molar-refractivity contribution >= 4 is 29.7 Å². The second-order valence-electron chi connectivity index (χ2n) is 8.88. The van der Waals surface area contributed by atoms with Crippen molar-refractivity contribution in [1.29, 1.82) is 0 Å². The Morgan fingerprint density at radius 1 is 1.06 bits per heavy atom. The van der Waals surface area contributed by atoms with Gasteiger partial charge in [0.1, 0.15) is 6.61 Å². The molecule has 1 aliphatic heterocycles. The van der Waals surface area contributed by atoms with Crippen LogP contribution in [0.3, 0.4) is 0 Å². The van der Waals surface area contributed by atoms with E-state index in [1.807, 2.05) is 36.4 Å². The number of carboxylic acids is 1. The molecule has 3 N–H and O–H groups in total. The second kappa shape index (κ2) is 11.1. The summed E-state index contributed by atoms with van der Waals surface area (Å²) in [7, 11) is 1.38. The molecule has 186 valence electrons. The van der Waals surface area contributed by atoms with Crippen molar-refractivity contribution in [2.24, 2.45) is 0 Å². The van der Waals surface area contributed by atoms with Gasteiger partial charge in [0.25, 0.3) is 5.91 Å². The standard InChI is InChI=1S/C26H30N2O6S/c1-33-22(24(31)28-26(14-23(29)30)10-12-35-13-11-26)15-27-25(32)34-16-21-19-8-4-2-6-17(19)18-7-3-5-9-20(18)21/h2-9,21-22H,10-16H2,1H3,(H,27,32)(H,28,31)(H,29,30). The molecule has 35 heavy (non-hydrogen) atoms. The first-order valence-electron chi connectivity index (χ1n) is 11.7. The van der Waals surface area contributed by atoms with E-state index in [0.717, 1.165) is 33.8 Å². The summed E-state index contributed by atoms with van der Waals surface area (Å²) in [6, 6.07) is 16.2. The van der Waals surface area contributed by atoms with E-state index in [0.29, 0.717) is 12.8 Å². The van der Waals surface area contributed by atoms with Crippen LogP contribution in [0.25, 0.3) is 11.1 Å². The summed E-state index contributed by atoms with van der Waals surface area (Å²) in [4.78, 5) is 36.7. The van der Waals surface area contributed by atoms with Crippen molar-refractivity contribution in [3.8, 4) is 11.1 Å². The maximum atomic E-state index is 12.9. The van der Waals surface area contributed by atoms with Gasteiger partial charge in [-0.25, -0.2) is 4.79 Å². The van der Waals surface area contributed by atoms with Crippen molar-refractivity contribution in [3.05, 3.63) is 59.7 Å². The summed E-state index contributed by atoms with van der Waals surface area (Å²) in [5.41, 5.74) is 3.72. The average molecular weight is 499 g/mol. The minimum absolute atomic E-state index is 0.0604. The molecule has 2 aromatic carbocycles. The van der Waals surface area contributed by atoms with E-state index in [2.05, 4.69) is 22.8 Å². The Balaban J connectivity index is 1.32. The number of hydrogen-bond acceptors (Lipinski definition) is 6. The Kier molecular flexibility index (Phi) is 7.97. The van der Waals surface area contributed by atoms with Gasteiger partial charge < -0.3 is 25.2 Å². The fourth-order valence-electron chi connectivity index (χ4n) is 4.85. The van der Waals surface area contributed by atoms with Gasteiger partial charge >= 0.3 is 12.1 Å². The highest BCUT2D eigenvalue weighted by Crippen LogP contribution is 2.44. The maximum absolute atomic E-state index is 12.9.